The monoisotopic (exact) mass is 863 g/mol. The Hall–Kier alpha value is -2.63. The number of aromatic nitrogens is 2. The number of nitrogens with zero attached hydrogens (tertiary/aromatic N) is 5. The molecule has 2 aromatic heterocycles. The highest BCUT2D eigenvalue weighted by atomic mass is 35.5. The first-order chi connectivity index (χ1) is 24.5. The molecule has 5 rings (SSSR count). The van der Waals surface area contributed by atoms with Gasteiger partial charge in [-0.3, -0.25) is 9.59 Å². The fourth-order valence-electron chi connectivity index (χ4n) is 5.49. The molecule has 18 heteroatoms. The van der Waals surface area contributed by atoms with E-state index >= 15 is 0 Å². The summed E-state index contributed by atoms with van der Waals surface area (Å²) in [5.74, 6) is -0.358. The SMILES string of the molecule is CCN(CC)C(=O)Cc1csc(CS(=O)(=O)c2cccc(Cl)c2C)n1.Cc1c(Cl)cccc1S(=O)(=O)Cc1nc(CC(=O)N2CCN(C)CC2)cs1.Cl. The van der Waals surface area contributed by atoms with E-state index in [4.69, 9.17) is 23.2 Å². The van der Waals surface area contributed by atoms with E-state index < -0.39 is 19.7 Å². The third-order valence-electron chi connectivity index (χ3n) is 8.57. The van der Waals surface area contributed by atoms with Gasteiger partial charge in [-0.05, 0) is 70.1 Å². The van der Waals surface area contributed by atoms with Crippen LogP contribution in [0.2, 0.25) is 10.0 Å². The van der Waals surface area contributed by atoms with E-state index in [2.05, 4.69) is 14.9 Å². The summed E-state index contributed by atoms with van der Waals surface area (Å²) in [6.45, 7) is 11.7. The Morgan fingerprint density at radius 2 is 1.19 bits per heavy atom. The zero-order chi connectivity index (χ0) is 38.2. The van der Waals surface area contributed by atoms with Crippen molar-refractivity contribution in [1.82, 2.24) is 24.7 Å². The van der Waals surface area contributed by atoms with Gasteiger partial charge in [-0.15, -0.1) is 35.1 Å². The van der Waals surface area contributed by atoms with Crippen molar-refractivity contribution < 1.29 is 26.4 Å². The Balaban J connectivity index is 0.000000281. The third kappa shape index (κ3) is 12.2. The number of amides is 2. The van der Waals surface area contributed by atoms with E-state index in [-0.39, 0.29) is 58.4 Å². The predicted octanol–water partition coefficient (Wildman–Crippen LogP) is 6.31. The van der Waals surface area contributed by atoms with Crippen LogP contribution in [0.1, 0.15) is 46.4 Å². The molecule has 0 N–H and O–H groups in total. The molecule has 0 saturated carbocycles. The van der Waals surface area contributed by atoms with Crippen LogP contribution in [0.25, 0.3) is 0 Å². The molecule has 0 atom stereocenters. The molecule has 2 aromatic carbocycles. The molecular formula is C35H44Cl3N5O6S4. The number of piperazine rings is 1. The summed E-state index contributed by atoms with van der Waals surface area (Å²) in [5, 5.41) is 5.32. The van der Waals surface area contributed by atoms with Crippen LogP contribution >= 0.6 is 58.3 Å². The van der Waals surface area contributed by atoms with Crippen molar-refractivity contribution >= 4 is 89.8 Å². The Morgan fingerprint density at radius 3 is 1.62 bits per heavy atom. The number of benzene rings is 2. The van der Waals surface area contributed by atoms with Gasteiger partial charge in [0.2, 0.25) is 11.8 Å². The van der Waals surface area contributed by atoms with Gasteiger partial charge in [0.25, 0.3) is 0 Å². The number of halogens is 3. The van der Waals surface area contributed by atoms with Crippen molar-refractivity contribution in [2.75, 3.05) is 46.3 Å². The maximum atomic E-state index is 12.7. The van der Waals surface area contributed by atoms with Crippen molar-refractivity contribution in [1.29, 1.82) is 0 Å². The molecule has 0 spiro atoms. The molecule has 1 aliphatic heterocycles. The first kappa shape index (κ1) is 44.8. The van der Waals surface area contributed by atoms with Crippen LogP contribution in [0.5, 0.6) is 0 Å². The van der Waals surface area contributed by atoms with Gasteiger partial charge in [0.15, 0.2) is 19.7 Å². The van der Waals surface area contributed by atoms with Crippen molar-refractivity contribution in [2.45, 2.75) is 61.8 Å². The van der Waals surface area contributed by atoms with Gasteiger partial charge < -0.3 is 14.7 Å². The second kappa shape index (κ2) is 19.8. The molecule has 0 unspecified atom stereocenters. The molecule has 3 heterocycles. The largest absolute Gasteiger partial charge is 0.343 e. The van der Waals surface area contributed by atoms with Crippen LogP contribution in [-0.4, -0.2) is 99.6 Å². The van der Waals surface area contributed by atoms with E-state index in [1.165, 1.54) is 22.7 Å². The molecule has 1 fully saturated rings. The van der Waals surface area contributed by atoms with Crippen LogP contribution in [0, 0.1) is 13.8 Å². The minimum absolute atomic E-state index is 0. The standard InChI is InChI=1S/C18H22ClN3O3S2.C17H21ClN2O3S2.ClH/c1-13-15(19)4-3-5-16(13)27(24,25)12-17-20-14(11-26-17)10-18(23)22-8-6-21(2)7-9-22;1-4-20(5-2)17(21)9-13-10-24-16(19-13)11-25(22,23)15-8-6-7-14(18)12(15)3;/h3-5,11H,6-10,12H2,1-2H3;6-8,10H,4-5,9,11H2,1-3H3;1H. The molecule has 0 aliphatic carbocycles. The highest BCUT2D eigenvalue weighted by molar-refractivity contribution is 7.91. The summed E-state index contributed by atoms with van der Waals surface area (Å²) in [5.41, 5.74) is 2.31. The Bertz CT molecular complexity index is 2100. The summed E-state index contributed by atoms with van der Waals surface area (Å²) in [7, 11) is -5.05. The molecule has 1 aliphatic rings. The third-order valence-corrected chi connectivity index (χ3v) is 15.1. The van der Waals surface area contributed by atoms with Crippen molar-refractivity contribution in [3.05, 3.63) is 89.7 Å². The minimum Gasteiger partial charge on any atom is -0.343 e. The molecule has 53 heavy (non-hydrogen) atoms. The van der Waals surface area contributed by atoms with Crippen LogP contribution < -0.4 is 0 Å². The van der Waals surface area contributed by atoms with Crippen LogP contribution in [0.3, 0.4) is 0 Å². The van der Waals surface area contributed by atoms with E-state index in [0.29, 0.717) is 55.7 Å². The van der Waals surface area contributed by atoms with Gasteiger partial charge in [-0.25, -0.2) is 26.8 Å². The second-order valence-corrected chi connectivity index (χ2v) is 18.9. The molecule has 0 radical (unpaired) electrons. The lowest BCUT2D eigenvalue weighted by Gasteiger charge is -2.32. The van der Waals surface area contributed by atoms with Gasteiger partial charge in [0, 0.05) is 60.1 Å². The zero-order valence-corrected chi connectivity index (χ0v) is 35.8. The Kier molecular flexibility index (Phi) is 16.7. The van der Waals surface area contributed by atoms with Crippen molar-refractivity contribution in [3.8, 4) is 0 Å². The molecule has 1 saturated heterocycles. The van der Waals surface area contributed by atoms with Crippen LogP contribution in [0.15, 0.2) is 56.9 Å². The lowest BCUT2D eigenvalue weighted by molar-refractivity contribution is -0.132. The first-order valence-electron chi connectivity index (χ1n) is 16.6. The highest BCUT2D eigenvalue weighted by Gasteiger charge is 2.24. The lowest BCUT2D eigenvalue weighted by atomic mass is 10.2. The van der Waals surface area contributed by atoms with Crippen molar-refractivity contribution in [2.24, 2.45) is 0 Å². The highest BCUT2D eigenvalue weighted by Crippen LogP contribution is 2.28. The van der Waals surface area contributed by atoms with Gasteiger partial charge in [-0.1, -0.05) is 35.3 Å². The topological polar surface area (TPSA) is 138 Å². The van der Waals surface area contributed by atoms with Crippen molar-refractivity contribution in [3.63, 3.8) is 0 Å². The predicted molar refractivity (Wildman–Crippen MR) is 215 cm³/mol. The number of hydrogen-bond acceptors (Lipinski definition) is 11. The first-order valence-corrected chi connectivity index (χ1v) is 22.4. The number of hydrogen-bond donors (Lipinski definition) is 0. The summed E-state index contributed by atoms with van der Waals surface area (Å²) >= 11 is 14.6. The van der Waals surface area contributed by atoms with Crippen LogP contribution in [-0.2, 0) is 53.6 Å². The average Bonchev–Trinajstić information content (AvgIpc) is 3.72. The lowest BCUT2D eigenvalue weighted by Crippen LogP contribution is -2.47. The molecule has 0 bridgehead atoms. The molecular weight excluding hydrogens is 821 g/mol. The number of likely N-dealkylation sites (N-methyl/N-ethyl adjacent to an activating group) is 2. The zero-order valence-electron chi connectivity index (χ0n) is 30.2. The van der Waals surface area contributed by atoms with Crippen LogP contribution in [0.4, 0.5) is 0 Å². The number of carbonyl (C=O) groups excluding carboxylic acids is 2. The summed E-state index contributed by atoms with van der Waals surface area (Å²) < 4.78 is 50.7. The second-order valence-electron chi connectivity index (χ2n) is 12.3. The Morgan fingerprint density at radius 1 is 0.755 bits per heavy atom. The van der Waals surface area contributed by atoms with Gasteiger partial charge >= 0.3 is 0 Å². The maximum absolute atomic E-state index is 12.7. The smallest absolute Gasteiger partial charge is 0.228 e. The summed E-state index contributed by atoms with van der Waals surface area (Å²) in [6.07, 6.45) is 0.394. The number of sulfone groups is 2. The number of thiazole rings is 2. The van der Waals surface area contributed by atoms with E-state index in [9.17, 15) is 26.4 Å². The minimum atomic E-state index is -3.55. The molecule has 4 aromatic rings. The van der Waals surface area contributed by atoms with E-state index in [1.807, 2.05) is 25.8 Å². The number of carbonyl (C=O) groups is 2. The van der Waals surface area contributed by atoms with E-state index in [1.54, 1.807) is 65.9 Å². The quantitative estimate of drug-likeness (QED) is 0.161. The maximum Gasteiger partial charge on any atom is 0.228 e. The van der Waals surface area contributed by atoms with Gasteiger partial charge in [0.05, 0.1) is 34.0 Å². The molecule has 2 amide bonds. The normalized spacial score (nSPS) is 13.5. The fourth-order valence-corrected chi connectivity index (χ4v) is 11.4. The fraction of sp³-hybridized carbons (Fsp3) is 0.429. The summed E-state index contributed by atoms with van der Waals surface area (Å²) in [4.78, 5) is 39.4. The van der Waals surface area contributed by atoms with Gasteiger partial charge in [0.1, 0.15) is 21.5 Å². The average molecular weight is 865 g/mol. The molecule has 290 valence electrons. The van der Waals surface area contributed by atoms with Gasteiger partial charge in [-0.2, -0.15) is 0 Å². The number of rotatable bonds is 12. The summed E-state index contributed by atoms with van der Waals surface area (Å²) in [6, 6.07) is 9.69. The van der Waals surface area contributed by atoms with E-state index in [0.717, 1.165) is 26.2 Å². The molecule has 11 nitrogen and oxygen atoms in total. The Labute approximate surface area is 336 Å².